The van der Waals surface area contributed by atoms with Gasteiger partial charge < -0.3 is 11.1 Å². The third-order valence-electron chi connectivity index (χ3n) is 1.95. The molecule has 4 nitrogen and oxygen atoms in total. The summed E-state index contributed by atoms with van der Waals surface area (Å²) < 4.78 is 1.10. The summed E-state index contributed by atoms with van der Waals surface area (Å²) in [6.45, 7) is 0.304. The Balaban J connectivity index is 2.37. The average molecular weight is 332 g/mol. The molecule has 0 aliphatic heterocycles. The van der Waals surface area contributed by atoms with Crippen LogP contribution in [0.15, 0.2) is 24.3 Å². The predicted molar refractivity (Wildman–Crippen MR) is 69.7 cm³/mol. The Kier molecular flexibility index (Phi) is 5.24. The van der Waals surface area contributed by atoms with Crippen molar-refractivity contribution >= 4 is 34.4 Å². The maximum atomic E-state index is 11.4. The molecule has 0 radical (unpaired) electrons. The maximum Gasteiger partial charge on any atom is 0.224 e. The van der Waals surface area contributed by atoms with E-state index < -0.39 is 5.91 Å². The number of carbonyl (C=O) groups is 2. The van der Waals surface area contributed by atoms with E-state index in [2.05, 4.69) is 27.9 Å². The van der Waals surface area contributed by atoms with E-state index in [1.54, 1.807) is 0 Å². The SMILES string of the molecule is NC(=O)CCNC(=O)Cc1cccc(I)c1. The highest BCUT2D eigenvalue weighted by molar-refractivity contribution is 14.1. The van der Waals surface area contributed by atoms with Gasteiger partial charge in [-0.05, 0) is 40.3 Å². The van der Waals surface area contributed by atoms with Crippen molar-refractivity contribution in [3.8, 4) is 0 Å². The van der Waals surface area contributed by atoms with Crippen LogP contribution < -0.4 is 11.1 Å². The van der Waals surface area contributed by atoms with Crippen LogP contribution in [0.5, 0.6) is 0 Å². The molecule has 0 bridgehead atoms. The zero-order chi connectivity index (χ0) is 12.0. The van der Waals surface area contributed by atoms with Crippen molar-refractivity contribution in [3.05, 3.63) is 33.4 Å². The third kappa shape index (κ3) is 5.11. The molecule has 0 atom stereocenters. The first-order valence-corrected chi connectivity index (χ1v) is 5.95. The zero-order valence-electron chi connectivity index (χ0n) is 8.70. The number of hydrogen-bond acceptors (Lipinski definition) is 2. The van der Waals surface area contributed by atoms with Gasteiger partial charge in [0.05, 0.1) is 6.42 Å². The molecule has 0 saturated heterocycles. The van der Waals surface area contributed by atoms with E-state index in [0.29, 0.717) is 13.0 Å². The fourth-order valence-electron chi connectivity index (χ4n) is 1.22. The van der Waals surface area contributed by atoms with Crippen LogP contribution in [0, 0.1) is 3.57 Å². The summed E-state index contributed by atoms with van der Waals surface area (Å²) in [5.41, 5.74) is 5.92. The van der Waals surface area contributed by atoms with Crippen molar-refractivity contribution in [1.82, 2.24) is 5.32 Å². The summed E-state index contributed by atoms with van der Waals surface area (Å²) in [6, 6.07) is 7.73. The Morgan fingerprint density at radius 2 is 2.12 bits per heavy atom. The molecule has 5 heteroatoms. The molecule has 86 valence electrons. The van der Waals surface area contributed by atoms with E-state index in [-0.39, 0.29) is 12.3 Å². The Bertz CT molecular complexity index is 393. The van der Waals surface area contributed by atoms with Gasteiger partial charge in [0.2, 0.25) is 11.8 Å². The number of amides is 2. The van der Waals surface area contributed by atoms with Crippen molar-refractivity contribution in [2.24, 2.45) is 5.73 Å². The number of hydrogen-bond donors (Lipinski definition) is 2. The van der Waals surface area contributed by atoms with Crippen LogP contribution >= 0.6 is 22.6 Å². The summed E-state index contributed by atoms with van der Waals surface area (Å²) in [7, 11) is 0. The number of primary amides is 1. The summed E-state index contributed by atoms with van der Waals surface area (Å²) in [4.78, 5) is 21.9. The summed E-state index contributed by atoms with van der Waals surface area (Å²) in [6.07, 6.45) is 0.508. The van der Waals surface area contributed by atoms with Crippen molar-refractivity contribution < 1.29 is 9.59 Å². The largest absolute Gasteiger partial charge is 0.370 e. The molecule has 1 aromatic rings. The minimum Gasteiger partial charge on any atom is -0.370 e. The molecule has 0 fully saturated rings. The van der Waals surface area contributed by atoms with Crippen LogP contribution in [0.2, 0.25) is 0 Å². The summed E-state index contributed by atoms with van der Waals surface area (Å²) >= 11 is 2.20. The molecule has 3 N–H and O–H groups in total. The van der Waals surface area contributed by atoms with Gasteiger partial charge in [-0.25, -0.2) is 0 Å². The summed E-state index contributed by atoms with van der Waals surface area (Å²) in [5.74, 6) is -0.502. The number of nitrogens with two attached hydrogens (primary N) is 1. The molecule has 0 aliphatic rings. The quantitative estimate of drug-likeness (QED) is 0.784. The van der Waals surface area contributed by atoms with Crippen LogP contribution in [0.3, 0.4) is 0 Å². The molecular weight excluding hydrogens is 319 g/mol. The van der Waals surface area contributed by atoms with E-state index in [4.69, 9.17) is 5.73 Å². The number of rotatable bonds is 5. The monoisotopic (exact) mass is 332 g/mol. The molecule has 0 unspecified atom stereocenters. The van der Waals surface area contributed by atoms with Crippen LogP contribution in [-0.4, -0.2) is 18.4 Å². The Hall–Kier alpha value is -1.11. The second-order valence-electron chi connectivity index (χ2n) is 3.37. The minimum absolute atomic E-state index is 0.0942. The van der Waals surface area contributed by atoms with Crippen molar-refractivity contribution in [1.29, 1.82) is 0 Å². The molecular formula is C11H13IN2O2. The molecule has 16 heavy (non-hydrogen) atoms. The fraction of sp³-hybridized carbons (Fsp3) is 0.273. The number of benzene rings is 1. The number of halogens is 1. The molecule has 1 aromatic carbocycles. The fourth-order valence-corrected chi connectivity index (χ4v) is 1.83. The van der Waals surface area contributed by atoms with Gasteiger partial charge in [-0.3, -0.25) is 9.59 Å². The minimum atomic E-state index is -0.408. The molecule has 1 rings (SSSR count). The van der Waals surface area contributed by atoms with Crippen LogP contribution in [0.1, 0.15) is 12.0 Å². The lowest BCUT2D eigenvalue weighted by atomic mass is 10.1. The van der Waals surface area contributed by atoms with E-state index in [9.17, 15) is 9.59 Å². The molecule has 0 aromatic heterocycles. The smallest absolute Gasteiger partial charge is 0.224 e. The Labute approximate surface area is 108 Å². The van der Waals surface area contributed by atoms with Gasteiger partial charge in [0.25, 0.3) is 0 Å². The normalized spacial score (nSPS) is 9.81. The Morgan fingerprint density at radius 3 is 2.75 bits per heavy atom. The lowest BCUT2D eigenvalue weighted by Crippen LogP contribution is -2.29. The molecule has 2 amide bonds. The molecule has 0 saturated carbocycles. The first-order chi connectivity index (χ1) is 7.58. The second-order valence-corrected chi connectivity index (χ2v) is 4.62. The molecule has 0 aliphatic carbocycles. The number of carbonyl (C=O) groups excluding carboxylic acids is 2. The lowest BCUT2D eigenvalue weighted by Gasteiger charge is -2.04. The topological polar surface area (TPSA) is 72.2 Å². The van der Waals surface area contributed by atoms with Crippen LogP contribution in [0.4, 0.5) is 0 Å². The van der Waals surface area contributed by atoms with Crippen molar-refractivity contribution in [3.63, 3.8) is 0 Å². The molecule has 0 heterocycles. The van der Waals surface area contributed by atoms with Gasteiger partial charge in [0.1, 0.15) is 0 Å². The van der Waals surface area contributed by atoms with Gasteiger partial charge in [-0.2, -0.15) is 0 Å². The van der Waals surface area contributed by atoms with Gasteiger partial charge >= 0.3 is 0 Å². The summed E-state index contributed by atoms with van der Waals surface area (Å²) in [5, 5.41) is 2.64. The van der Waals surface area contributed by atoms with E-state index in [1.165, 1.54) is 0 Å². The molecule has 0 spiro atoms. The van der Waals surface area contributed by atoms with Gasteiger partial charge in [0, 0.05) is 16.5 Å². The highest BCUT2D eigenvalue weighted by Gasteiger charge is 2.03. The van der Waals surface area contributed by atoms with Crippen LogP contribution in [-0.2, 0) is 16.0 Å². The first kappa shape index (κ1) is 13.0. The van der Waals surface area contributed by atoms with Gasteiger partial charge in [0.15, 0.2) is 0 Å². The standard InChI is InChI=1S/C11H13IN2O2/c12-9-3-1-2-8(6-9)7-11(16)14-5-4-10(13)15/h1-3,6H,4-5,7H2,(H2,13,15)(H,14,16). The highest BCUT2D eigenvalue weighted by Crippen LogP contribution is 2.08. The first-order valence-electron chi connectivity index (χ1n) is 4.87. The third-order valence-corrected chi connectivity index (χ3v) is 2.62. The second kappa shape index (κ2) is 6.47. The van der Waals surface area contributed by atoms with Crippen LogP contribution in [0.25, 0.3) is 0 Å². The number of nitrogens with one attached hydrogen (secondary N) is 1. The Morgan fingerprint density at radius 1 is 1.38 bits per heavy atom. The van der Waals surface area contributed by atoms with Gasteiger partial charge in [-0.15, -0.1) is 0 Å². The zero-order valence-corrected chi connectivity index (χ0v) is 10.9. The van der Waals surface area contributed by atoms with E-state index in [0.717, 1.165) is 9.13 Å². The average Bonchev–Trinajstić information content (AvgIpc) is 2.16. The van der Waals surface area contributed by atoms with Crippen molar-refractivity contribution in [2.45, 2.75) is 12.8 Å². The van der Waals surface area contributed by atoms with Crippen molar-refractivity contribution in [2.75, 3.05) is 6.54 Å². The predicted octanol–water partition coefficient (Wildman–Crippen LogP) is 0.825. The highest BCUT2D eigenvalue weighted by atomic mass is 127. The van der Waals surface area contributed by atoms with E-state index >= 15 is 0 Å². The van der Waals surface area contributed by atoms with Gasteiger partial charge in [-0.1, -0.05) is 12.1 Å². The lowest BCUT2D eigenvalue weighted by molar-refractivity contribution is -0.120. The maximum absolute atomic E-state index is 11.4. The van der Waals surface area contributed by atoms with E-state index in [1.807, 2.05) is 24.3 Å².